The van der Waals surface area contributed by atoms with Gasteiger partial charge in [0.05, 0.1) is 29.6 Å². The summed E-state index contributed by atoms with van der Waals surface area (Å²) in [6.45, 7) is 4.60. The summed E-state index contributed by atoms with van der Waals surface area (Å²) in [4.78, 5) is 16.5. The largest absolute Gasteiger partial charge is 0.493 e. The number of nitrogens with one attached hydrogen (secondary N) is 2. The van der Waals surface area contributed by atoms with E-state index in [0.717, 1.165) is 39.3 Å². The van der Waals surface area contributed by atoms with Gasteiger partial charge < -0.3 is 14.8 Å². The minimum atomic E-state index is -0.260. The highest BCUT2D eigenvalue weighted by Gasteiger charge is 2.21. The van der Waals surface area contributed by atoms with E-state index in [2.05, 4.69) is 20.8 Å². The molecule has 4 rings (SSSR count). The molecule has 150 valence electrons. The summed E-state index contributed by atoms with van der Waals surface area (Å²) in [5.41, 5.74) is 5.33. The number of hydrogen-bond acceptors (Lipinski definition) is 7. The van der Waals surface area contributed by atoms with Gasteiger partial charge in [-0.15, -0.1) is 0 Å². The molecule has 0 saturated carbocycles. The minimum Gasteiger partial charge on any atom is -0.493 e. The highest BCUT2D eigenvalue weighted by molar-refractivity contribution is 7.22. The Morgan fingerprint density at radius 2 is 2.28 bits per heavy atom. The molecule has 0 radical (unpaired) electrons. The maximum absolute atomic E-state index is 12.1. The van der Waals surface area contributed by atoms with Crippen molar-refractivity contribution in [1.29, 1.82) is 0 Å². The Labute approximate surface area is 172 Å². The fraction of sp³-hybridized carbons (Fsp3) is 0.286. The third kappa shape index (κ3) is 4.48. The average molecular weight is 410 g/mol. The van der Waals surface area contributed by atoms with Gasteiger partial charge in [0.15, 0.2) is 5.13 Å². The number of ether oxygens (including phenoxy) is 2. The number of rotatable bonds is 7. The molecule has 3 aromatic rings. The van der Waals surface area contributed by atoms with Gasteiger partial charge in [-0.25, -0.2) is 10.4 Å². The van der Waals surface area contributed by atoms with E-state index in [-0.39, 0.29) is 18.6 Å². The van der Waals surface area contributed by atoms with Gasteiger partial charge >= 0.3 is 0 Å². The fourth-order valence-corrected chi connectivity index (χ4v) is 4.02. The molecule has 0 fully saturated rings. The molecule has 0 aliphatic carbocycles. The topological polar surface area (TPSA) is 84.8 Å². The lowest BCUT2D eigenvalue weighted by molar-refractivity contribution is -0.119. The highest BCUT2D eigenvalue weighted by Crippen LogP contribution is 2.34. The van der Waals surface area contributed by atoms with Crippen molar-refractivity contribution in [2.24, 2.45) is 5.10 Å². The number of benzene rings is 2. The lowest BCUT2D eigenvalue weighted by atomic mass is 10.1. The molecule has 0 spiro atoms. The van der Waals surface area contributed by atoms with E-state index >= 15 is 0 Å². The van der Waals surface area contributed by atoms with Crippen LogP contribution in [-0.2, 0) is 11.2 Å². The second kappa shape index (κ2) is 8.48. The molecular weight excluding hydrogens is 388 g/mol. The fourth-order valence-electron chi connectivity index (χ4n) is 3.15. The van der Waals surface area contributed by atoms with E-state index in [1.54, 1.807) is 6.21 Å². The number of amides is 1. The van der Waals surface area contributed by atoms with Crippen LogP contribution in [0.5, 0.6) is 11.5 Å². The van der Waals surface area contributed by atoms with Crippen LogP contribution in [-0.4, -0.2) is 36.4 Å². The van der Waals surface area contributed by atoms with Crippen LogP contribution in [0, 0.1) is 0 Å². The summed E-state index contributed by atoms with van der Waals surface area (Å²) in [5, 5.41) is 7.80. The number of para-hydroxylation sites is 1. The number of anilines is 1. The van der Waals surface area contributed by atoms with Gasteiger partial charge in [0.1, 0.15) is 17.6 Å². The van der Waals surface area contributed by atoms with Crippen molar-refractivity contribution in [3.8, 4) is 11.5 Å². The predicted molar refractivity (Wildman–Crippen MR) is 115 cm³/mol. The SMILES string of the molecule is CCOc1cc2c(cc1/C=N\NC(=O)CNc1nc3ccccc3s1)O[C@@H](C)C2. The molecule has 0 bridgehead atoms. The number of carbonyl (C=O) groups excluding carboxylic acids is 1. The van der Waals surface area contributed by atoms with Crippen LogP contribution in [0.3, 0.4) is 0 Å². The second-order valence-corrected chi connectivity index (χ2v) is 7.73. The monoisotopic (exact) mass is 410 g/mol. The number of aromatic nitrogens is 1. The van der Waals surface area contributed by atoms with Crippen molar-refractivity contribution >= 4 is 38.8 Å². The summed E-state index contributed by atoms with van der Waals surface area (Å²) in [6.07, 6.45) is 2.59. The Hall–Kier alpha value is -3.13. The van der Waals surface area contributed by atoms with E-state index in [4.69, 9.17) is 9.47 Å². The number of thiazole rings is 1. The molecule has 1 aromatic heterocycles. The zero-order valence-corrected chi connectivity index (χ0v) is 17.1. The van der Waals surface area contributed by atoms with Gasteiger partial charge in [-0.3, -0.25) is 4.79 Å². The first-order valence-corrected chi connectivity index (χ1v) is 10.3. The first-order valence-electron chi connectivity index (χ1n) is 9.50. The Balaban J connectivity index is 1.36. The predicted octanol–water partition coefficient (Wildman–Crippen LogP) is 3.58. The van der Waals surface area contributed by atoms with Crippen LogP contribution in [0.2, 0.25) is 0 Å². The Kier molecular flexibility index (Phi) is 5.62. The molecule has 7 nitrogen and oxygen atoms in total. The van der Waals surface area contributed by atoms with Crippen molar-refractivity contribution in [1.82, 2.24) is 10.4 Å². The maximum atomic E-state index is 12.1. The molecule has 2 heterocycles. The standard InChI is InChI=1S/C21H22N4O3S/c1-3-27-17-9-14-8-13(2)28-18(14)10-15(17)11-23-25-20(26)12-22-21-24-16-6-4-5-7-19(16)29-21/h4-7,9-11,13H,3,8,12H2,1-2H3,(H,22,24)(H,25,26)/b23-11-/t13-/m0/s1. The van der Waals surface area contributed by atoms with Crippen molar-refractivity contribution in [2.75, 3.05) is 18.5 Å². The number of fused-ring (bicyclic) bond motifs is 2. The Bertz CT molecular complexity index is 1030. The van der Waals surface area contributed by atoms with Crippen LogP contribution in [0.25, 0.3) is 10.2 Å². The summed E-state index contributed by atoms with van der Waals surface area (Å²) >= 11 is 1.51. The van der Waals surface area contributed by atoms with Gasteiger partial charge in [-0.1, -0.05) is 23.5 Å². The van der Waals surface area contributed by atoms with Crippen LogP contribution in [0.4, 0.5) is 5.13 Å². The molecule has 1 aliphatic heterocycles. The van der Waals surface area contributed by atoms with Gasteiger partial charge in [-0.05, 0) is 38.1 Å². The van der Waals surface area contributed by atoms with E-state index < -0.39 is 0 Å². The van der Waals surface area contributed by atoms with Gasteiger partial charge in [-0.2, -0.15) is 5.10 Å². The number of hydrazone groups is 1. The normalized spacial score (nSPS) is 15.3. The number of nitrogens with zero attached hydrogens (tertiary/aromatic N) is 2. The Morgan fingerprint density at radius 3 is 3.10 bits per heavy atom. The first-order chi connectivity index (χ1) is 14.1. The van der Waals surface area contributed by atoms with Gasteiger partial charge in [0.2, 0.25) is 0 Å². The smallest absolute Gasteiger partial charge is 0.259 e. The quantitative estimate of drug-likeness (QED) is 0.459. The van der Waals surface area contributed by atoms with Crippen LogP contribution in [0.15, 0.2) is 41.5 Å². The zero-order valence-electron chi connectivity index (χ0n) is 16.3. The van der Waals surface area contributed by atoms with Crippen LogP contribution < -0.4 is 20.2 Å². The van der Waals surface area contributed by atoms with Crippen molar-refractivity contribution in [3.63, 3.8) is 0 Å². The van der Waals surface area contributed by atoms with Gasteiger partial charge in [0, 0.05) is 17.5 Å². The van der Waals surface area contributed by atoms with E-state index in [0.29, 0.717) is 11.7 Å². The molecule has 1 amide bonds. The summed E-state index contributed by atoms with van der Waals surface area (Å²) in [6, 6.07) is 11.7. The van der Waals surface area contributed by atoms with Crippen LogP contribution >= 0.6 is 11.3 Å². The molecule has 1 atom stereocenters. The maximum Gasteiger partial charge on any atom is 0.259 e. The zero-order chi connectivity index (χ0) is 20.2. The highest BCUT2D eigenvalue weighted by atomic mass is 32.1. The number of carbonyl (C=O) groups is 1. The molecule has 0 unspecified atom stereocenters. The third-order valence-corrected chi connectivity index (χ3v) is 5.41. The van der Waals surface area contributed by atoms with E-state index in [1.807, 2.05) is 50.2 Å². The summed E-state index contributed by atoms with van der Waals surface area (Å²) < 4.78 is 12.6. The van der Waals surface area contributed by atoms with Crippen molar-refractivity contribution < 1.29 is 14.3 Å². The average Bonchev–Trinajstić information content (AvgIpc) is 3.28. The van der Waals surface area contributed by atoms with Gasteiger partial charge in [0.25, 0.3) is 5.91 Å². The molecule has 1 aliphatic rings. The second-order valence-electron chi connectivity index (χ2n) is 6.70. The molecular formula is C21H22N4O3S. The van der Waals surface area contributed by atoms with Crippen molar-refractivity contribution in [3.05, 3.63) is 47.5 Å². The minimum absolute atomic E-state index is 0.0836. The van der Waals surface area contributed by atoms with Crippen LogP contribution in [0.1, 0.15) is 25.0 Å². The molecule has 0 saturated heterocycles. The first kappa shape index (κ1) is 19.2. The third-order valence-electron chi connectivity index (χ3n) is 4.42. The van der Waals surface area contributed by atoms with E-state index in [9.17, 15) is 4.79 Å². The number of hydrogen-bond donors (Lipinski definition) is 2. The Morgan fingerprint density at radius 1 is 1.41 bits per heavy atom. The summed E-state index contributed by atoms with van der Waals surface area (Å²) in [7, 11) is 0. The summed E-state index contributed by atoms with van der Waals surface area (Å²) in [5.74, 6) is 1.31. The lowest BCUT2D eigenvalue weighted by Gasteiger charge is -2.09. The lowest BCUT2D eigenvalue weighted by Crippen LogP contribution is -2.25. The van der Waals surface area contributed by atoms with E-state index in [1.165, 1.54) is 11.3 Å². The molecule has 8 heteroatoms. The molecule has 29 heavy (non-hydrogen) atoms. The molecule has 2 aromatic carbocycles. The molecule has 2 N–H and O–H groups in total. The van der Waals surface area contributed by atoms with Crippen molar-refractivity contribution in [2.45, 2.75) is 26.4 Å².